The zero-order valence-corrected chi connectivity index (χ0v) is 11.7. The molecule has 2 saturated heterocycles. The average Bonchev–Trinajstić information content (AvgIpc) is 2.72. The van der Waals surface area contributed by atoms with E-state index in [9.17, 15) is 9.90 Å². The van der Waals surface area contributed by atoms with Crippen LogP contribution in [0.4, 0.5) is 4.79 Å². The fourth-order valence-corrected chi connectivity index (χ4v) is 3.49. The highest BCUT2D eigenvalue weighted by Gasteiger charge is 2.44. The zero-order valence-electron chi connectivity index (χ0n) is 11.7. The monoisotopic (exact) mass is 276 g/mol. The van der Waals surface area contributed by atoms with Crippen LogP contribution in [0.2, 0.25) is 0 Å². The molecule has 108 valence electrons. The summed E-state index contributed by atoms with van der Waals surface area (Å²) in [6.07, 6.45) is 5.41. The Morgan fingerprint density at radius 1 is 1.45 bits per heavy atom. The summed E-state index contributed by atoms with van der Waals surface area (Å²) in [4.78, 5) is 17.2. The van der Waals surface area contributed by atoms with Crippen molar-refractivity contribution in [3.05, 3.63) is 23.9 Å². The summed E-state index contributed by atoms with van der Waals surface area (Å²) in [5.41, 5.74) is 1.11. The minimum absolute atomic E-state index is 0.0864. The van der Waals surface area contributed by atoms with Crippen molar-refractivity contribution in [2.24, 2.45) is 0 Å². The average molecular weight is 276 g/mol. The maximum absolute atomic E-state index is 11.3. The van der Waals surface area contributed by atoms with Crippen molar-refractivity contribution in [1.29, 1.82) is 0 Å². The van der Waals surface area contributed by atoms with E-state index in [-0.39, 0.29) is 18.2 Å². The molecule has 1 aromatic rings. The molecule has 1 amide bonds. The van der Waals surface area contributed by atoms with Crippen molar-refractivity contribution in [1.82, 2.24) is 9.88 Å². The van der Waals surface area contributed by atoms with Crippen LogP contribution in [0.1, 0.15) is 38.2 Å². The zero-order chi connectivity index (χ0) is 14.1. The molecule has 5 heteroatoms. The van der Waals surface area contributed by atoms with Crippen LogP contribution in [-0.2, 0) is 6.42 Å². The van der Waals surface area contributed by atoms with Crippen molar-refractivity contribution >= 4 is 6.09 Å². The molecular weight excluding hydrogens is 256 g/mol. The molecule has 0 radical (unpaired) electrons. The third kappa shape index (κ3) is 2.32. The van der Waals surface area contributed by atoms with Gasteiger partial charge in [0.1, 0.15) is 6.10 Å². The summed E-state index contributed by atoms with van der Waals surface area (Å²) < 4.78 is 6.06. The number of rotatable bonds is 3. The third-order valence-electron chi connectivity index (χ3n) is 4.42. The fraction of sp³-hybridized carbons (Fsp3) is 0.600. The number of hydrogen-bond donors (Lipinski definition) is 1. The van der Waals surface area contributed by atoms with Gasteiger partial charge in [-0.05, 0) is 25.3 Å². The molecule has 2 unspecified atom stereocenters. The minimum Gasteiger partial charge on any atom is -0.474 e. The number of hydrogen-bond acceptors (Lipinski definition) is 3. The van der Waals surface area contributed by atoms with Crippen LogP contribution in [0, 0.1) is 0 Å². The van der Waals surface area contributed by atoms with Gasteiger partial charge in [0.2, 0.25) is 5.88 Å². The summed E-state index contributed by atoms with van der Waals surface area (Å²) in [6, 6.07) is 4.18. The van der Waals surface area contributed by atoms with Crippen LogP contribution in [0.3, 0.4) is 0 Å². The number of aryl methyl sites for hydroxylation is 1. The van der Waals surface area contributed by atoms with Crippen LogP contribution in [-0.4, -0.2) is 39.3 Å². The fourth-order valence-electron chi connectivity index (χ4n) is 3.49. The maximum Gasteiger partial charge on any atom is 0.407 e. The third-order valence-corrected chi connectivity index (χ3v) is 4.42. The Morgan fingerprint density at radius 3 is 2.75 bits per heavy atom. The van der Waals surface area contributed by atoms with Crippen molar-refractivity contribution in [3.8, 4) is 5.88 Å². The number of carboxylic acid groups (broad SMARTS) is 1. The van der Waals surface area contributed by atoms with Crippen molar-refractivity contribution in [2.45, 2.75) is 57.2 Å². The molecule has 0 aromatic carbocycles. The Kier molecular flexibility index (Phi) is 3.51. The van der Waals surface area contributed by atoms with E-state index in [1.807, 2.05) is 12.1 Å². The summed E-state index contributed by atoms with van der Waals surface area (Å²) in [7, 11) is 0. The van der Waals surface area contributed by atoms with Gasteiger partial charge in [0, 0.05) is 36.7 Å². The van der Waals surface area contributed by atoms with E-state index in [4.69, 9.17) is 4.74 Å². The van der Waals surface area contributed by atoms with E-state index in [1.54, 1.807) is 11.1 Å². The molecule has 0 saturated carbocycles. The Morgan fingerprint density at radius 2 is 2.15 bits per heavy atom. The van der Waals surface area contributed by atoms with Crippen LogP contribution < -0.4 is 4.74 Å². The Hall–Kier alpha value is -1.78. The normalized spacial score (nSPS) is 28.4. The second kappa shape index (κ2) is 5.31. The first-order valence-corrected chi connectivity index (χ1v) is 7.30. The molecule has 2 fully saturated rings. The van der Waals surface area contributed by atoms with E-state index in [0.717, 1.165) is 37.7 Å². The minimum atomic E-state index is -0.789. The molecule has 2 bridgehead atoms. The largest absolute Gasteiger partial charge is 0.474 e. The van der Waals surface area contributed by atoms with Gasteiger partial charge in [-0.2, -0.15) is 0 Å². The van der Waals surface area contributed by atoms with Crippen LogP contribution in [0.5, 0.6) is 5.88 Å². The van der Waals surface area contributed by atoms with Crippen molar-refractivity contribution < 1.29 is 14.6 Å². The number of piperidine rings is 1. The predicted molar refractivity (Wildman–Crippen MR) is 73.9 cm³/mol. The van der Waals surface area contributed by atoms with Crippen molar-refractivity contribution in [2.75, 3.05) is 0 Å². The number of amides is 1. The number of nitrogens with zero attached hydrogens (tertiary/aromatic N) is 2. The summed E-state index contributed by atoms with van der Waals surface area (Å²) in [5, 5.41) is 9.25. The topological polar surface area (TPSA) is 62.7 Å². The van der Waals surface area contributed by atoms with Gasteiger partial charge in [-0.3, -0.25) is 0 Å². The van der Waals surface area contributed by atoms with E-state index >= 15 is 0 Å². The molecule has 1 aromatic heterocycles. The SMILES string of the molecule is CCc1cccnc1OC1CC2CCC(C1)N2C(=O)O. The van der Waals surface area contributed by atoms with Crippen LogP contribution in [0.15, 0.2) is 18.3 Å². The summed E-state index contributed by atoms with van der Waals surface area (Å²) >= 11 is 0. The van der Waals surface area contributed by atoms with Gasteiger partial charge < -0.3 is 14.7 Å². The molecule has 5 nitrogen and oxygen atoms in total. The molecule has 0 aliphatic carbocycles. The summed E-state index contributed by atoms with van der Waals surface area (Å²) in [5.74, 6) is 0.711. The molecule has 2 atom stereocenters. The molecule has 2 aliphatic heterocycles. The van der Waals surface area contributed by atoms with Gasteiger partial charge in [0.25, 0.3) is 0 Å². The van der Waals surface area contributed by atoms with Gasteiger partial charge >= 0.3 is 6.09 Å². The van der Waals surface area contributed by atoms with Gasteiger partial charge in [-0.25, -0.2) is 9.78 Å². The van der Waals surface area contributed by atoms with Crippen molar-refractivity contribution in [3.63, 3.8) is 0 Å². The molecule has 2 aliphatic rings. The quantitative estimate of drug-likeness (QED) is 0.922. The summed E-state index contributed by atoms with van der Waals surface area (Å²) in [6.45, 7) is 2.08. The van der Waals surface area contributed by atoms with Gasteiger partial charge in [-0.1, -0.05) is 13.0 Å². The smallest absolute Gasteiger partial charge is 0.407 e. The Bertz CT molecular complexity index is 492. The molecule has 1 N–H and O–H groups in total. The van der Waals surface area contributed by atoms with Gasteiger partial charge in [0.15, 0.2) is 0 Å². The van der Waals surface area contributed by atoms with E-state index in [2.05, 4.69) is 11.9 Å². The molecular formula is C15H20N2O3. The molecule has 0 spiro atoms. The standard InChI is InChI=1S/C15H20N2O3/c1-2-10-4-3-7-16-14(10)20-13-8-11-5-6-12(9-13)17(11)15(18)19/h3-4,7,11-13H,2,5-6,8-9H2,1H3,(H,18,19). The number of fused-ring (bicyclic) bond motifs is 2. The van der Waals surface area contributed by atoms with Crippen LogP contribution in [0.25, 0.3) is 0 Å². The predicted octanol–water partition coefficient (Wildman–Crippen LogP) is 2.70. The first-order chi connectivity index (χ1) is 9.69. The number of aromatic nitrogens is 1. The first-order valence-electron chi connectivity index (χ1n) is 7.30. The molecule has 3 heterocycles. The van der Waals surface area contributed by atoms with E-state index in [0.29, 0.717) is 5.88 Å². The lowest BCUT2D eigenvalue weighted by Crippen LogP contribution is -2.48. The highest BCUT2D eigenvalue weighted by atomic mass is 16.5. The lowest BCUT2D eigenvalue weighted by molar-refractivity contribution is 0.0472. The van der Waals surface area contributed by atoms with Crippen LogP contribution >= 0.6 is 0 Å². The molecule has 20 heavy (non-hydrogen) atoms. The van der Waals surface area contributed by atoms with Gasteiger partial charge in [0.05, 0.1) is 0 Å². The second-order valence-electron chi connectivity index (χ2n) is 5.61. The second-order valence-corrected chi connectivity index (χ2v) is 5.61. The highest BCUT2D eigenvalue weighted by molar-refractivity contribution is 5.66. The first kappa shape index (κ1) is 13.2. The lowest BCUT2D eigenvalue weighted by atomic mass is 10.0. The number of pyridine rings is 1. The maximum atomic E-state index is 11.3. The number of carbonyl (C=O) groups is 1. The van der Waals surface area contributed by atoms with Gasteiger partial charge in [-0.15, -0.1) is 0 Å². The number of ether oxygens (including phenoxy) is 1. The lowest BCUT2D eigenvalue weighted by Gasteiger charge is -2.36. The highest BCUT2D eigenvalue weighted by Crippen LogP contribution is 2.37. The molecule has 3 rings (SSSR count). The van der Waals surface area contributed by atoms with E-state index < -0.39 is 6.09 Å². The van der Waals surface area contributed by atoms with E-state index in [1.165, 1.54) is 0 Å². The Balaban J connectivity index is 1.71. The Labute approximate surface area is 118 Å².